The molecule has 0 radical (unpaired) electrons. The Kier molecular flexibility index (Phi) is 5.35. The maximum Gasteiger partial charge on any atom is 0.411 e. The van der Waals surface area contributed by atoms with Crippen LogP contribution < -0.4 is 4.74 Å². The first-order valence-corrected chi connectivity index (χ1v) is 5.67. The number of aldehydes is 1. The van der Waals surface area contributed by atoms with Gasteiger partial charge >= 0.3 is 6.18 Å². The average Bonchev–Trinajstić information content (AvgIpc) is 2.30. The fraction of sp³-hybridized carbons (Fsp3) is 0.462. The maximum atomic E-state index is 11.8. The lowest BCUT2D eigenvalue weighted by Crippen LogP contribution is -2.19. The number of alkyl halides is 3. The van der Waals surface area contributed by atoms with E-state index >= 15 is 0 Å². The molecule has 0 aliphatic carbocycles. The molecule has 1 aromatic carbocycles. The molecule has 3 nitrogen and oxygen atoms in total. The topological polar surface area (TPSA) is 35.5 Å². The van der Waals surface area contributed by atoms with Gasteiger partial charge in [0.2, 0.25) is 0 Å². The van der Waals surface area contributed by atoms with Crippen molar-refractivity contribution >= 4 is 6.29 Å². The van der Waals surface area contributed by atoms with E-state index in [0.29, 0.717) is 11.3 Å². The minimum absolute atomic E-state index is 0.0260. The van der Waals surface area contributed by atoms with Gasteiger partial charge in [0.1, 0.15) is 25.2 Å². The zero-order valence-electron chi connectivity index (χ0n) is 10.7. The highest BCUT2D eigenvalue weighted by molar-refractivity contribution is 5.76. The Hall–Kier alpha value is -1.56. The number of rotatable bonds is 6. The molecule has 0 spiro atoms. The lowest BCUT2D eigenvalue weighted by molar-refractivity contribution is -0.175. The molecule has 0 N–H and O–H groups in total. The monoisotopic (exact) mass is 276 g/mol. The molecule has 106 valence electrons. The molecular formula is C13H15F3O3. The van der Waals surface area contributed by atoms with E-state index in [1.165, 1.54) is 0 Å². The standard InChI is InChI=1S/C13H15F3O3/c1-9-5-11(7-17)6-10(2)12(9)19-4-3-18-8-13(14,15)16/h5-7H,3-4,8H2,1-2H3. The summed E-state index contributed by atoms with van der Waals surface area (Å²) in [7, 11) is 0. The van der Waals surface area contributed by atoms with E-state index in [-0.39, 0.29) is 13.2 Å². The third kappa shape index (κ3) is 5.30. The SMILES string of the molecule is Cc1cc(C=O)cc(C)c1OCCOCC(F)(F)F. The molecule has 19 heavy (non-hydrogen) atoms. The van der Waals surface area contributed by atoms with Crippen molar-refractivity contribution in [3.05, 3.63) is 28.8 Å². The smallest absolute Gasteiger partial charge is 0.411 e. The van der Waals surface area contributed by atoms with Crippen LogP contribution >= 0.6 is 0 Å². The number of benzene rings is 1. The van der Waals surface area contributed by atoms with Crippen molar-refractivity contribution in [2.75, 3.05) is 19.8 Å². The Morgan fingerprint density at radius 2 is 1.74 bits per heavy atom. The molecule has 0 fully saturated rings. The number of halogens is 3. The van der Waals surface area contributed by atoms with Crippen LogP contribution in [0.4, 0.5) is 13.2 Å². The molecule has 0 bridgehead atoms. The molecule has 6 heteroatoms. The van der Waals surface area contributed by atoms with Crippen LogP contribution in [0.15, 0.2) is 12.1 Å². The Morgan fingerprint density at radius 1 is 1.16 bits per heavy atom. The van der Waals surface area contributed by atoms with Gasteiger partial charge in [-0.1, -0.05) is 0 Å². The Balaban J connectivity index is 2.48. The summed E-state index contributed by atoms with van der Waals surface area (Å²) >= 11 is 0. The second-order valence-electron chi connectivity index (χ2n) is 4.12. The van der Waals surface area contributed by atoms with E-state index in [1.54, 1.807) is 26.0 Å². The Morgan fingerprint density at radius 3 is 2.21 bits per heavy atom. The number of carbonyl (C=O) groups is 1. The van der Waals surface area contributed by atoms with Crippen LogP contribution in [0.25, 0.3) is 0 Å². The van der Waals surface area contributed by atoms with Gasteiger partial charge in [-0.15, -0.1) is 0 Å². The molecular weight excluding hydrogens is 261 g/mol. The first-order valence-electron chi connectivity index (χ1n) is 5.67. The van der Waals surface area contributed by atoms with Crippen molar-refractivity contribution in [2.24, 2.45) is 0 Å². The van der Waals surface area contributed by atoms with Crippen LogP contribution in [0, 0.1) is 13.8 Å². The minimum Gasteiger partial charge on any atom is -0.491 e. The van der Waals surface area contributed by atoms with E-state index in [1.807, 2.05) is 0 Å². The molecule has 0 amide bonds. The summed E-state index contributed by atoms with van der Waals surface area (Å²) in [4.78, 5) is 10.6. The summed E-state index contributed by atoms with van der Waals surface area (Å²) in [5.74, 6) is 0.571. The van der Waals surface area contributed by atoms with Crippen LogP contribution in [-0.2, 0) is 4.74 Å². The first-order chi connectivity index (χ1) is 8.83. The fourth-order valence-corrected chi connectivity index (χ4v) is 1.67. The van der Waals surface area contributed by atoms with E-state index < -0.39 is 12.8 Å². The molecule has 0 saturated heterocycles. The molecule has 0 unspecified atom stereocenters. The molecule has 0 aromatic heterocycles. The zero-order chi connectivity index (χ0) is 14.5. The van der Waals surface area contributed by atoms with Crippen molar-refractivity contribution < 1.29 is 27.4 Å². The number of carbonyl (C=O) groups excluding carboxylic acids is 1. The highest BCUT2D eigenvalue weighted by Crippen LogP contribution is 2.24. The predicted octanol–water partition coefficient (Wildman–Crippen LogP) is 3.07. The van der Waals surface area contributed by atoms with Gasteiger partial charge < -0.3 is 9.47 Å². The van der Waals surface area contributed by atoms with Crippen molar-refractivity contribution in [3.63, 3.8) is 0 Å². The van der Waals surface area contributed by atoms with Crippen molar-refractivity contribution in [1.29, 1.82) is 0 Å². The van der Waals surface area contributed by atoms with Gasteiger partial charge in [-0.3, -0.25) is 4.79 Å². The fourth-order valence-electron chi connectivity index (χ4n) is 1.67. The molecule has 0 saturated carbocycles. The molecule has 0 atom stereocenters. The van der Waals surface area contributed by atoms with Crippen molar-refractivity contribution in [1.82, 2.24) is 0 Å². The average molecular weight is 276 g/mol. The van der Waals surface area contributed by atoms with Crippen LogP contribution in [0.5, 0.6) is 5.75 Å². The summed E-state index contributed by atoms with van der Waals surface area (Å²) in [6.45, 7) is 2.14. The summed E-state index contributed by atoms with van der Waals surface area (Å²) in [6, 6.07) is 3.32. The van der Waals surface area contributed by atoms with Gasteiger partial charge in [-0.25, -0.2) is 0 Å². The number of hydrogen-bond donors (Lipinski definition) is 0. The predicted molar refractivity (Wildman–Crippen MR) is 63.7 cm³/mol. The first kappa shape index (κ1) is 15.5. The van der Waals surface area contributed by atoms with Gasteiger partial charge in [-0.2, -0.15) is 13.2 Å². The van der Waals surface area contributed by atoms with E-state index in [2.05, 4.69) is 4.74 Å². The summed E-state index contributed by atoms with van der Waals surface area (Å²) in [5, 5.41) is 0. The van der Waals surface area contributed by atoms with Gasteiger partial charge in [-0.05, 0) is 37.1 Å². The summed E-state index contributed by atoms with van der Waals surface area (Å²) in [6.07, 6.45) is -3.59. The highest BCUT2D eigenvalue weighted by atomic mass is 19.4. The molecule has 0 aliphatic heterocycles. The Labute approximate surface area is 109 Å². The van der Waals surface area contributed by atoms with Crippen LogP contribution in [0.3, 0.4) is 0 Å². The number of hydrogen-bond acceptors (Lipinski definition) is 3. The van der Waals surface area contributed by atoms with Crippen LogP contribution in [-0.4, -0.2) is 32.3 Å². The third-order valence-corrected chi connectivity index (χ3v) is 2.36. The summed E-state index contributed by atoms with van der Waals surface area (Å²) in [5.41, 5.74) is 2.06. The zero-order valence-corrected chi connectivity index (χ0v) is 10.7. The van der Waals surface area contributed by atoms with Gasteiger partial charge in [0.15, 0.2) is 0 Å². The van der Waals surface area contributed by atoms with Crippen molar-refractivity contribution in [3.8, 4) is 5.75 Å². The molecule has 0 heterocycles. The lowest BCUT2D eigenvalue weighted by Gasteiger charge is -2.13. The van der Waals surface area contributed by atoms with Crippen LogP contribution in [0.2, 0.25) is 0 Å². The third-order valence-electron chi connectivity index (χ3n) is 2.36. The highest BCUT2D eigenvalue weighted by Gasteiger charge is 2.27. The summed E-state index contributed by atoms with van der Waals surface area (Å²) < 4.78 is 45.3. The normalized spacial score (nSPS) is 11.4. The second-order valence-corrected chi connectivity index (χ2v) is 4.12. The molecule has 0 aliphatic rings. The number of ether oxygens (including phenoxy) is 2. The van der Waals surface area contributed by atoms with Crippen LogP contribution in [0.1, 0.15) is 21.5 Å². The molecule has 1 rings (SSSR count). The maximum absolute atomic E-state index is 11.8. The lowest BCUT2D eigenvalue weighted by atomic mass is 10.1. The van der Waals surface area contributed by atoms with E-state index in [0.717, 1.165) is 17.4 Å². The minimum atomic E-state index is -4.32. The van der Waals surface area contributed by atoms with E-state index in [4.69, 9.17) is 4.74 Å². The van der Waals surface area contributed by atoms with Gasteiger partial charge in [0, 0.05) is 5.56 Å². The quantitative estimate of drug-likeness (QED) is 0.591. The van der Waals surface area contributed by atoms with Gasteiger partial charge in [0.05, 0.1) is 6.61 Å². The second kappa shape index (κ2) is 6.56. The number of aryl methyl sites for hydroxylation is 2. The van der Waals surface area contributed by atoms with E-state index in [9.17, 15) is 18.0 Å². The van der Waals surface area contributed by atoms with Gasteiger partial charge in [0.25, 0.3) is 0 Å². The Bertz CT molecular complexity index is 418. The largest absolute Gasteiger partial charge is 0.491 e. The molecule has 1 aromatic rings. The van der Waals surface area contributed by atoms with Crippen molar-refractivity contribution in [2.45, 2.75) is 20.0 Å².